The van der Waals surface area contributed by atoms with E-state index in [9.17, 15) is 0 Å². The molecule has 2 unspecified atom stereocenters. The third-order valence-corrected chi connectivity index (χ3v) is 4.21. The average Bonchev–Trinajstić information content (AvgIpc) is 3.10. The predicted molar refractivity (Wildman–Crippen MR) is 62.9 cm³/mol. The molecule has 2 fully saturated rings. The molecule has 0 aromatic carbocycles. The molecule has 15 heavy (non-hydrogen) atoms. The van der Waals surface area contributed by atoms with Crippen molar-refractivity contribution in [3.05, 3.63) is 0 Å². The van der Waals surface area contributed by atoms with Crippen molar-refractivity contribution < 1.29 is 4.74 Å². The smallest absolute Gasteiger partial charge is 0.0468 e. The van der Waals surface area contributed by atoms with E-state index in [0.717, 1.165) is 37.0 Å². The van der Waals surface area contributed by atoms with Crippen LogP contribution < -0.4 is 5.32 Å². The zero-order valence-corrected chi connectivity index (χ0v) is 10.2. The van der Waals surface area contributed by atoms with Crippen LogP contribution in [-0.4, -0.2) is 25.8 Å². The van der Waals surface area contributed by atoms with Gasteiger partial charge in [0.2, 0.25) is 0 Å². The normalized spacial score (nSPS) is 27.6. The second kappa shape index (κ2) is 5.31. The van der Waals surface area contributed by atoms with Crippen molar-refractivity contribution in [3.8, 4) is 0 Å². The third kappa shape index (κ3) is 3.46. The van der Waals surface area contributed by atoms with Crippen molar-refractivity contribution in [3.63, 3.8) is 0 Å². The Kier molecular flexibility index (Phi) is 4.04. The van der Waals surface area contributed by atoms with Gasteiger partial charge >= 0.3 is 0 Å². The van der Waals surface area contributed by atoms with E-state index in [4.69, 9.17) is 4.74 Å². The van der Waals surface area contributed by atoms with Gasteiger partial charge < -0.3 is 10.1 Å². The first-order valence-electron chi connectivity index (χ1n) is 6.58. The van der Waals surface area contributed by atoms with Gasteiger partial charge in [0.1, 0.15) is 0 Å². The summed E-state index contributed by atoms with van der Waals surface area (Å²) in [6.45, 7) is 8.00. The minimum atomic E-state index is 0.814. The van der Waals surface area contributed by atoms with Crippen molar-refractivity contribution in [1.82, 2.24) is 5.32 Å². The Bertz CT molecular complexity index is 185. The molecule has 88 valence electrons. The first-order chi connectivity index (χ1) is 7.27. The van der Waals surface area contributed by atoms with Gasteiger partial charge in [-0.05, 0) is 50.0 Å². The lowest BCUT2D eigenvalue weighted by Gasteiger charge is -2.32. The summed E-state index contributed by atoms with van der Waals surface area (Å²) >= 11 is 0. The molecule has 1 heterocycles. The summed E-state index contributed by atoms with van der Waals surface area (Å²) in [4.78, 5) is 0. The maximum Gasteiger partial charge on any atom is 0.0468 e. The molecule has 0 radical (unpaired) electrons. The average molecular weight is 211 g/mol. The lowest BCUT2D eigenvalue weighted by Crippen LogP contribution is -2.32. The molecule has 2 nitrogen and oxygen atoms in total. The second-order valence-electron chi connectivity index (χ2n) is 5.47. The van der Waals surface area contributed by atoms with Crippen molar-refractivity contribution in [2.24, 2.45) is 17.8 Å². The van der Waals surface area contributed by atoms with Crippen molar-refractivity contribution in [2.75, 3.05) is 19.8 Å². The molecular formula is C13H25NO. The monoisotopic (exact) mass is 211 g/mol. The van der Waals surface area contributed by atoms with Gasteiger partial charge in [-0.3, -0.25) is 0 Å². The van der Waals surface area contributed by atoms with Gasteiger partial charge in [-0.15, -0.1) is 0 Å². The molecule has 2 aliphatic rings. The van der Waals surface area contributed by atoms with Gasteiger partial charge in [0.05, 0.1) is 0 Å². The van der Waals surface area contributed by atoms with Crippen LogP contribution in [0.2, 0.25) is 0 Å². The van der Waals surface area contributed by atoms with E-state index in [-0.39, 0.29) is 0 Å². The molecule has 0 bridgehead atoms. The fourth-order valence-corrected chi connectivity index (χ4v) is 2.53. The second-order valence-corrected chi connectivity index (χ2v) is 5.47. The summed E-state index contributed by atoms with van der Waals surface area (Å²) in [6, 6.07) is 0.856. The number of rotatable bonds is 5. The molecule has 0 aromatic heterocycles. The van der Waals surface area contributed by atoms with Crippen LogP contribution in [0.4, 0.5) is 0 Å². The van der Waals surface area contributed by atoms with Crippen molar-refractivity contribution >= 4 is 0 Å². The Morgan fingerprint density at radius 3 is 2.40 bits per heavy atom. The third-order valence-electron chi connectivity index (χ3n) is 4.21. The highest BCUT2D eigenvalue weighted by Crippen LogP contribution is 2.29. The minimum absolute atomic E-state index is 0.814. The Labute approximate surface area is 93.8 Å². The summed E-state index contributed by atoms with van der Waals surface area (Å²) < 4.78 is 5.42. The van der Waals surface area contributed by atoms with Gasteiger partial charge in [-0.25, -0.2) is 0 Å². The summed E-state index contributed by atoms with van der Waals surface area (Å²) in [5.74, 6) is 2.56. The molecule has 0 aromatic rings. The standard InChI is InChI=1S/C13H25NO/c1-10(9-14-13-3-4-13)11(2)12-5-7-15-8-6-12/h10-14H,3-9H2,1-2H3. The molecule has 2 rings (SSSR count). The topological polar surface area (TPSA) is 21.3 Å². The van der Waals surface area contributed by atoms with E-state index < -0.39 is 0 Å². The Hall–Kier alpha value is -0.0800. The zero-order valence-electron chi connectivity index (χ0n) is 10.2. The summed E-state index contributed by atoms with van der Waals surface area (Å²) in [6.07, 6.45) is 5.35. The van der Waals surface area contributed by atoms with Crippen molar-refractivity contribution in [2.45, 2.75) is 45.6 Å². The Morgan fingerprint density at radius 2 is 1.80 bits per heavy atom. The van der Waals surface area contributed by atoms with Crippen LogP contribution in [0, 0.1) is 17.8 Å². The van der Waals surface area contributed by atoms with E-state index in [2.05, 4.69) is 19.2 Å². The fraction of sp³-hybridized carbons (Fsp3) is 1.00. The molecule has 1 saturated carbocycles. The van der Waals surface area contributed by atoms with Gasteiger partial charge in [-0.1, -0.05) is 13.8 Å². The van der Waals surface area contributed by atoms with E-state index in [1.807, 2.05) is 0 Å². The highest BCUT2D eigenvalue weighted by Gasteiger charge is 2.26. The molecule has 2 atom stereocenters. The zero-order chi connectivity index (χ0) is 10.7. The lowest BCUT2D eigenvalue weighted by molar-refractivity contribution is 0.0397. The molecule has 1 saturated heterocycles. The fourth-order valence-electron chi connectivity index (χ4n) is 2.53. The van der Waals surface area contributed by atoms with Crippen LogP contribution in [0.1, 0.15) is 39.5 Å². The van der Waals surface area contributed by atoms with Crippen LogP contribution in [0.25, 0.3) is 0 Å². The first kappa shape index (κ1) is 11.4. The molecular weight excluding hydrogens is 186 g/mol. The van der Waals surface area contributed by atoms with E-state index in [0.29, 0.717) is 0 Å². The Balaban J connectivity index is 1.69. The van der Waals surface area contributed by atoms with E-state index >= 15 is 0 Å². The molecule has 1 aliphatic carbocycles. The van der Waals surface area contributed by atoms with E-state index in [1.54, 1.807) is 0 Å². The maximum atomic E-state index is 5.42. The largest absolute Gasteiger partial charge is 0.381 e. The predicted octanol–water partition coefficient (Wildman–Crippen LogP) is 2.44. The van der Waals surface area contributed by atoms with Gasteiger partial charge in [0.25, 0.3) is 0 Å². The first-order valence-corrected chi connectivity index (χ1v) is 6.58. The summed E-state index contributed by atoms with van der Waals surface area (Å²) in [7, 11) is 0. The highest BCUT2D eigenvalue weighted by molar-refractivity contribution is 4.83. The number of hydrogen-bond donors (Lipinski definition) is 1. The molecule has 1 N–H and O–H groups in total. The van der Waals surface area contributed by atoms with Gasteiger partial charge in [0.15, 0.2) is 0 Å². The van der Waals surface area contributed by atoms with Crippen LogP contribution in [-0.2, 0) is 4.74 Å². The maximum absolute atomic E-state index is 5.42. The summed E-state index contributed by atoms with van der Waals surface area (Å²) in [5.41, 5.74) is 0. The SMILES string of the molecule is CC(CNC1CC1)C(C)C1CCOCC1. The minimum Gasteiger partial charge on any atom is -0.381 e. The Morgan fingerprint density at radius 1 is 1.13 bits per heavy atom. The number of ether oxygens (including phenoxy) is 1. The van der Waals surface area contributed by atoms with Crippen LogP contribution >= 0.6 is 0 Å². The molecule has 0 amide bonds. The molecule has 0 spiro atoms. The van der Waals surface area contributed by atoms with E-state index in [1.165, 1.54) is 32.2 Å². The number of nitrogens with one attached hydrogen (secondary N) is 1. The summed E-state index contributed by atoms with van der Waals surface area (Å²) in [5, 5.41) is 3.65. The number of hydrogen-bond acceptors (Lipinski definition) is 2. The van der Waals surface area contributed by atoms with Gasteiger partial charge in [0, 0.05) is 19.3 Å². The molecule has 1 aliphatic heterocycles. The highest BCUT2D eigenvalue weighted by atomic mass is 16.5. The van der Waals surface area contributed by atoms with Gasteiger partial charge in [-0.2, -0.15) is 0 Å². The van der Waals surface area contributed by atoms with Crippen LogP contribution in [0.15, 0.2) is 0 Å². The van der Waals surface area contributed by atoms with Crippen LogP contribution in [0.5, 0.6) is 0 Å². The lowest BCUT2D eigenvalue weighted by atomic mass is 9.79. The quantitative estimate of drug-likeness (QED) is 0.754. The van der Waals surface area contributed by atoms with Crippen LogP contribution in [0.3, 0.4) is 0 Å². The van der Waals surface area contributed by atoms with Crippen molar-refractivity contribution in [1.29, 1.82) is 0 Å². The molecule has 2 heteroatoms.